The van der Waals surface area contributed by atoms with Crippen molar-refractivity contribution in [1.29, 1.82) is 0 Å². The Kier molecular flexibility index (Phi) is 3.23. The molecule has 0 amide bonds. The van der Waals surface area contributed by atoms with Gasteiger partial charge in [-0.15, -0.1) is 0 Å². The Morgan fingerprint density at radius 2 is 2.15 bits per heavy atom. The molecular weight excluding hydrogens is 160 g/mol. The van der Waals surface area contributed by atoms with Crippen LogP contribution in [-0.4, -0.2) is 37.1 Å². The molecule has 0 radical (unpaired) electrons. The van der Waals surface area contributed by atoms with Gasteiger partial charge in [0.2, 0.25) is 0 Å². The van der Waals surface area contributed by atoms with E-state index in [-0.39, 0.29) is 0 Å². The van der Waals surface area contributed by atoms with Gasteiger partial charge in [0.15, 0.2) is 0 Å². The lowest BCUT2D eigenvalue weighted by molar-refractivity contribution is 0.320. The van der Waals surface area contributed by atoms with Crippen LogP contribution in [0.1, 0.15) is 32.6 Å². The molecule has 0 spiro atoms. The van der Waals surface area contributed by atoms with Crippen molar-refractivity contribution in [1.82, 2.24) is 10.2 Å². The van der Waals surface area contributed by atoms with Gasteiger partial charge in [0.25, 0.3) is 0 Å². The van der Waals surface area contributed by atoms with Crippen LogP contribution in [0.5, 0.6) is 0 Å². The second-order valence-electron chi connectivity index (χ2n) is 4.78. The lowest BCUT2D eigenvalue weighted by Crippen LogP contribution is -2.26. The number of rotatable bonds is 5. The van der Waals surface area contributed by atoms with Crippen molar-refractivity contribution in [2.45, 2.75) is 38.6 Å². The Hall–Kier alpha value is -0.0800. The molecule has 1 aliphatic heterocycles. The fourth-order valence-electron chi connectivity index (χ4n) is 2.13. The highest BCUT2D eigenvalue weighted by atomic mass is 15.1. The molecule has 2 aliphatic rings. The molecule has 13 heavy (non-hydrogen) atoms. The minimum Gasteiger partial charge on any atom is -0.314 e. The van der Waals surface area contributed by atoms with Crippen LogP contribution in [0.3, 0.4) is 0 Å². The monoisotopic (exact) mass is 182 g/mol. The van der Waals surface area contributed by atoms with Gasteiger partial charge < -0.3 is 10.2 Å². The molecule has 2 fully saturated rings. The predicted octanol–water partition coefficient (Wildman–Crippen LogP) is 1.47. The molecule has 2 heteroatoms. The van der Waals surface area contributed by atoms with Crippen molar-refractivity contribution < 1.29 is 0 Å². The highest BCUT2D eigenvalue weighted by molar-refractivity contribution is 4.81. The Balaban J connectivity index is 1.47. The summed E-state index contributed by atoms with van der Waals surface area (Å²) in [6.07, 6.45) is 5.58. The van der Waals surface area contributed by atoms with Crippen LogP contribution in [0.4, 0.5) is 0 Å². The van der Waals surface area contributed by atoms with Gasteiger partial charge in [-0.2, -0.15) is 0 Å². The van der Waals surface area contributed by atoms with Crippen LogP contribution >= 0.6 is 0 Å². The summed E-state index contributed by atoms with van der Waals surface area (Å²) in [6, 6.07) is 0.887. The van der Waals surface area contributed by atoms with E-state index in [0.29, 0.717) is 0 Å². The van der Waals surface area contributed by atoms with Crippen molar-refractivity contribution in [2.24, 2.45) is 5.92 Å². The zero-order valence-electron chi connectivity index (χ0n) is 8.76. The molecule has 76 valence electrons. The van der Waals surface area contributed by atoms with E-state index < -0.39 is 0 Å². The SMILES string of the molecule is CC1CCN(CCCNC2CC2)C1. The molecule has 0 aromatic rings. The molecule has 0 bridgehead atoms. The molecule has 0 aromatic heterocycles. The van der Waals surface area contributed by atoms with Crippen molar-refractivity contribution in [2.75, 3.05) is 26.2 Å². The van der Waals surface area contributed by atoms with E-state index in [1.165, 1.54) is 51.9 Å². The van der Waals surface area contributed by atoms with Crippen LogP contribution in [0.2, 0.25) is 0 Å². The fraction of sp³-hybridized carbons (Fsp3) is 1.00. The summed E-state index contributed by atoms with van der Waals surface area (Å²) in [5.41, 5.74) is 0. The van der Waals surface area contributed by atoms with Gasteiger partial charge in [-0.25, -0.2) is 0 Å². The quantitative estimate of drug-likeness (QED) is 0.648. The highest BCUT2D eigenvalue weighted by Crippen LogP contribution is 2.18. The van der Waals surface area contributed by atoms with Gasteiger partial charge in [-0.3, -0.25) is 0 Å². The maximum Gasteiger partial charge on any atom is 0.00682 e. The average molecular weight is 182 g/mol. The van der Waals surface area contributed by atoms with Crippen molar-refractivity contribution in [3.05, 3.63) is 0 Å². The lowest BCUT2D eigenvalue weighted by atomic mass is 10.2. The third-order valence-electron chi connectivity index (χ3n) is 3.17. The Morgan fingerprint density at radius 3 is 2.77 bits per heavy atom. The van der Waals surface area contributed by atoms with Crippen molar-refractivity contribution in [3.8, 4) is 0 Å². The van der Waals surface area contributed by atoms with E-state index in [9.17, 15) is 0 Å². The van der Waals surface area contributed by atoms with Gasteiger partial charge >= 0.3 is 0 Å². The molecule has 2 rings (SSSR count). The van der Waals surface area contributed by atoms with Crippen LogP contribution in [0.25, 0.3) is 0 Å². The second-order valence-corrected chi connectivity index (χ2v) is 4.78. The summed E-state index contributed by atoms with van der Waals surface area (Å²) in [6.45, 7) is 7.58. The molecule has 0 aromatic carbocycles. The minimum atomic E-state index is 0.887. The summed E-state index contributed by atoms with van der Waals surface area (Å²) in [4.78, 5) is 2.61. The molecule has 1 unspecified atom stereocenters. The van der Waals surface area contributed by atoms with Gasteiger partial charge in [-0.05, 0) is 51.2 Å². The van der Waals surface area contributed by atoms with E-state index in [4.69, 9.17) is 0 Å². The molecular formula is C11H22N2. The molecule has 1 N–H and O–H groups in total. The average Bonchev–Trinajstić information content (AvgIpc) is 2.84. The molecule has 1 saturated heterocycles. The smallest absolute Gasteiger partial charge is 0.00682 e. The zero-order chi connectivity index (χ0) is 9.10. The number of hydrogen-bond donors (Lipinski definition) is 1. The van der Waals surface area contributed by atoms with Gasteiger partial charge in [0, 0.05) is 12.6 Å². The van der Waals surface area contributed by atoms with Crippen LogP contribution in [0.15, 0.2) is 0 Å². The van der Waals surface area contributed by atoms with Crippen LogP contribution in [0, 0.1) is 5.92 Å². The van der Waals surface area contributed by atoms with Crippen LogP contribution < -0.4 is 5.32 Å². The predicted molar refractivity (Wildman–Crippen MR) is 55.9 cm³/mol. The van der Waals surface area contributed by atoms with E-state index in [0.717, 1.165) is 12.0 Å². The largest absolute Gasteiger partial charge is 0.314 e. The van der Waals surface area contributed by atoms with E-state index in [2.05, 4.69) is 17.1 Å². The lowest BCUT2D eigenvalue weighted by Gasteiger charge is -2.14. The fourth-order valence-corrected chi connectivity index (χ4v) is 2.13. The second kappa shape index (κ2) is 4.43. The van der Waals surface area contributed by atoms with E-state index in [1.807, 2.05) is 0 Å². The number of hydrogen-bond acceptors (Lipinski definition) is 2. The van der Waals surface area contributed by atoms with Gasteiger partial charge in [-0.1, -0.05) is 6.92 Å². The topological polar surface area (TPSA) is 15.3 Å². The Morgan fingerprint density at radius 1 is 1.31 bits per heavy atom. The van der Waals surface area contributed by atoms with Crippen LogP contribution in [-0.2, 0) is 0 Å². The summed E-state index contributed by atoms with van der Waals surface area (Å²) in [5, 5.41) is 3.57. The maximum atomic E-state index is 3.57. The third kappa shape index (κ3) is 3.28. The van der Waals surface area contributed by atoms with Crippen molar-refractivity contribution >= 4 is 0 Å². The standard InChI is InChI=1S/C11H22N2/c1-10-5-8-13(9-10)7-2-6-12-11-3-4-11/h10-12H,2-9H2,1H3. The number of nitrogens with zero attached hydrogens (tertiary/aromatic N) is 1. The highest BCUT2D eigenvalue weighted by Gasteiger charge is 2.20. The first-order valence-corrected chi connectivity index (χ1v) is 5.80. The molecule has 1 aliphatic carbocycles. The van der Waals surface area contributed by atoms with E-state index >= 15 is 0 Å². The first-order chi connectivity index (χ1) is 6.34. The number of likely N-dealkylation sites (tertiary alicyclic amines) is 1. The third-order valence-corrected chi connectivity index (χ3v) is 3.17. The zero-order valence-corrected chi connectivity index (χ0v) is 8.76. The molecule has 1 saturated carbocycles. The molecule has 1 atom stereocenters. The Labute approximate surface area is 81.7 Å². The van der Waals surface area contributed by atoms with Gasteiger partial charge in [0.05, 0.1) is 0 Å². The summed E-state index contributed by atoms with van der Waals surface area (Å²) in [7, 11) is 0. The maximum absolute atomic E-state index is 3.57. The number of nitrogens with one attached hydrogen (secondary N) is 1. The molecule has 2 nitrogen and oxygen atoms in total. The normalized spacial score (nSPS) is 29.8. The first-order valence-electron chi connectivity index (χ1n) is 5.80. The molecule has 1 heterocycles. The summed E-state index contributed by atoms with van der Waals surface area (Å²) in [5.74, 6) is 0.941. The minimum absolute atomic E-state index is 0.887. The van der Waals surface area contributed by atoms with E-state index in [1.54, 1.807) is 0 Å². The Bertz CT molecular complexity index is 154. The first kappa shape index (κ1) is 9.47. The summed E-state index contributed by atoms with van der Waals surface area (Å²) >= 11 is 0. The summed E-state index contributed by atoms with van der Waals surface area (Å²) < 4.78 is 0. The van der Waals surface area contributed by atoms with Gasteiger partial charge in [0.1, 0.15) is 0 Å². The van der Waals surface area contributed by atoms with Crippen molar-refractivity contribution in [3.63, 3.8) is 0 Å².